The molecule has 2 amide bonds. The van der Waals surface area contributed by atoms with E-state index in [-0.39, 0.29) is 23.9 Å². The molecule has 172 valence electrons. The lowest BCUT2D eigenvalue weighted by atomic mass is 10.2. The topological polar surface area (TPSA) is 98.8 Å². The molecule has 1 aliphatic heterocycles. The van der Waals surface area contributed by atoms with Gasteiger partial charge in [0.15, 0.2) is 0 Å². The summed E-state index contributed by atoms with van der Waals surface area (Å²) in [7, 11) is -2.07. The average molecular weight is 463 g/mol. The molecule has 0 bridgehead atoms. The first-order valence-corrected chi connectivity index (χ1v) is 11.8. The number of likely N-dealkylation sites (N-methyl/N-ethyl adjacent to an activating group) is 1. The molecule has 0 atom stereocenters. The quantitative estimate of drug-likeness (QED) is 0.628. The fourth-order valence-corrected chi connectivity index (χ4v) is 4.93. The van der Waals surface area contributed by atoms with Gasteiger partial charge in [-0.05, 0) is 55.3 Å². The maximum Gasteiger partial charge on any atom is 0.243 e. The number of hydrogen-bond donors (Lipinski definition) is 2. The van der Waals surface area contributed by atoms with Crippen LogP contribution in [0.2, 0.25) is 0 Å². The van der Waals surface area contributed by atoms with Crippen molar-refractivity contribution in [2.45, 2.75) is 24.2 Å². The maximum absolute atomic E-state index is 12.9. The predicted molar refractivity (Wildman–Crippen MR) is 120 cm³/mol. The van der Waals surface area contributed by atoms with Gasteiger partial charge in [0.25, 0.3) is 0 Å². The Kier molecular flexibility index (Phi) is 7.81. The number of halogens is 1. The molecule has 0 radical (unpaired) electrons. The number of carbonyl (C=O) groups excluding carboxylic acids is 2. The second-order valence-corrected chi connectivity index (χ2v) is 9.59. The Morgan fingerprint density at radius 1 is 1.03 bits per heavy atom. The Morgan fingerprint density at radius 2 is 1.72 bits per heavy atom. The normalized spacial score (nSPS) is 14.6. The number of sulfonamides is 1. The number of carbonyl (C=O) groups is 2. The fourth-order valence-electron chi connectivity index (χ4n) is 3.37. The van der Waals surface area contributed by atoms with Gasteiger partial charge in [0.1, 0.15) is 5.82 Å². The van der Waals surface area contributed by atoms with E-state index >= 15 is 0 Å². The second-order valence-electron chi connectivity index (χ2n) is 7.65. The first-order valence-electron chi connectivity index (χ1n) is 10.4. The first kappa shape index (κ1) is 23.7. The van der Waals surface area contributed by atoms with Crippen LogP contribution in [0, 0.1) is 5.82 Å². The molecule has 0 saturated carbocycles. The van der Waals surface area contributed by atoms with Crippen LogP contribution in [0.3, 0.4) is 0 Å². The molecule has 1 saturated heterocycles. The molecule has 0 aliphatic carbocycles. The molecule has 32 heavy (non-hydrogen) atoms. The highest BCUT2D eigenvalue weighted by Gasteiger charge is 2.26. The lowest BCUT2D eigenvalue weighted by Crippen LogP contribution is -2.38. The van der Waals surface area contributed by atoms with Crippen LogP contribution in [0.1, 0.15) is 19.3 Å². The summed E-state index contributed by atoms with van der Waals surface area (Å²) >= 11 is 0. The molecule has 1 aliphatic rings. The van der Waals surface area contributed by atoms with Crippen molar-refractivity contribution in [1.82, 2.24) is 9.21 Å². The van der Waals surface area contributed by atoms with Gasteiger partial charge in [-0.25, -0.2) is 12.8 Å². The van der Waals surface area contributed by atoms with Gasteiger partial charge in [-0.2, -0.15) is 4.31 Å². The molecule has 1 fully saturated rings. The van der Waals surface area contributed by atoms with Gasteiger partial charge in [-0.1, -0.05) is 12.5 Å². The monoisotopic (exact) mass is 462 g/mol. The van der Waals surface area contributed by atoms with Crippen molar-refractivity contribution >= 4 is 33.2 Å². The SMILES string of the molecule is CN(CC(=O)Nc1ccc(F)cc1)C(=O)CNc1cccc(S(=O)(=O)N2CCCCC2)c1. The van der Waals surface area contributed by atoms with Gasteiger partial charge in [-0.3, -0.25) is 9.59 Å². The highest BCUT2D eigenvalue weighted by Crippen LogP contribution is 2.22. The third kappa shape index (κ3) is 6.27. The van der Waals surface area contributed by atoms with Crippen molar-refractivity contribution in [2.24, 2.45) is 0 Å². The number of nitrogens with zero attached hydrogens (tertiary/aromatic N) is 2. The van der Waals surface area contributed by atoms with Crippen LogP contribution in [-0.2, 0) is 19.6 Å². The minimum Gasteiger partial charge on any atom is -0.376 e. The lowest BCUT2D eigenvalue weighted by Gasteiger charge is -2.26. The molecule has 2 aromatic rings. The summed E-state index contributed by atoms with van der Waals surface area (Å²) in [5, 5.41) is 5.52. The van der Waals surface area contributed by atoms with E-state index in [9.17, 15) is 22.4 Å². The summed E-state index contributed by atoms with van der Waals surface area (Å²) in [5.41, 5.74) is 0.933. The number of piperidine rings is 1. The van der Waals surface area contributed by atoms with E-state index < -0.39 is 21.7 Å². The Bertz CT molecular complexity index is 1050. The zero-order chi connectivity index (χ0) is 23.1. The number of nitrogens with one attached hydrogen (secondary N) is 2. The molecule has 10 heteroatoms. The van der Waals surface area contributed by atoms with E-state index in [2.05, 4.69) is 10.6 Å². The maximum atomic E-state index is 12.9. The highest BCUT2D eigenvalue weighted by atomic mass is 32.2. The minimum absolute atomic E-state index is 0.104. The van der Waals surface area contributed by atoms with Crippen LogP contribution in [0.4, 0.5) is 15.8 Å². The van der Waals surface area contributed by atoms with Crippen molar-refractivity contribution in [1.29, 1.82) is 0 Å². The third-order valence-corrected chi connectivity index (χ3v) is 7.06. The van der Waals surface area contributed by atoms with E-state index in [0.717, 1.165) is 19.3 Å². The minimum atomic E-state index is -3.57. The molecule has 0 unspecified atom stereocenters. The molecule has 1 heterocycles. The summed E-state index contributed by atoms with van der Waals surface area (Å²) < 4.78 is 40.1. The van der Waals surface area contributed by atoms with E-state index in [0.29, 0.717) is 24.5 Å². The molecule has 0 spiro atoms. The molecule has 3 rings (SSSR count). The summed E-state index contributed by atoms with van der Waals surface area (Å²) in [6.07, 6.45) is 2.74. The second kappa shape index (κ2) is 10.6. The first-order chi connectivity index (χ1) is 15.3. The molecule has 0 aromatic heterocycles. The zero-order valence-electron chi connectivity index (χ0n) is 17.9. The summed E-state index contributed by atoms with van der Waals surface area (Å²) in [5.74, 6) is -1.17. The molecular weight excluding hydrogens is 435 g/mol. The average Bonchev–Trinajstić information content (AvgIpc) is 2.79. The predicted octanol–water partition coefficient (Wildman–Crippen LogP) is 2.51. The Morgan fingerprint density at radius 3 is 2.41 bits per heavy atom. The van der Waals surface area contributed by atoms with Crippen molar-refractivity contribution in [2.75, 3.05) is 43.9 Å². The number of rotatable bonds is 8. The Labute approximate surface area is 187 Å². The molecule has 8 nitrogen and oxygen atoms in total. The van der Waals surface area contributed by atoms with Crippen LogP contribution in [0.5, 0.6) is 0 Å². The third-order valence-electron chi connectivity index (χ3n) is 5.17. The van der Waals surface area contributed by atoms with Crippen LogP contribution in [-0.4, -0.2) is 62.7 Å². The van der Waals surface area contributed by atoms with Crippen molar-refractivity contribution in [3.63, 3.8) is 0 Å². The smallest absolute Gasteiger partial charge is 0.243 e. The van der Waals surface area contributed by atoms with E-state index in [4.69, 9.17) is 0 Å². The van der Waals surface area contributed by atoms with Crippen molar-refractivity contribution in [3.05, 3.63) is 54.3 Å². The van der Waals surface area contributed by atoms with Crippen LogP contribution in [0.15, 0.2) is 53.4 Å². The standard InChI is InChI=1S/C22H27FN4O4S/c1-26(16-21(28)25-18-10-8-17(23)9-11-18)22(29)15-24-19-6-5-7-20(14-19)32(30,31)27-12-3-2-4-13-27/h5-11,14,24H,2-4,12-13,15-16H2,1H3,(H,25,28). The number of anilines is 2. The van der Waals surface area contributed by atoms with E-state index in [1.54, 1.807) is 18.2 Å². The van der Waals surface area contributed by atoms with Crippen LogP contribution in [0.25, 0.3) is 0 Å². The number of benzene rings is 2. The van der Waals surface area contributed by atoms with Gasteiger partial charge in [0.05, 0.1) is 18.0 Å². The van der Waals surface area contributed by atoms with Gasteiger partial charge >= 0.3 is 0 Å². The number of hydrogen-bond acceptors (Lipinski definition) is 5. The Hall–Kier alpha value is -2.98. The van der Waals surface area contributed by atoms with Crippen molar-refractivity contribution < 1.29 is 22.4 Å². The van der Waals surface area contributed by atoms with Gasteiger partial charge < -0.3 is 15.5 Å². The lowest BCUT2D eigenvalue weighted by molar-refractivity contribution is -0.131. The number of amides is 2. The van der Waals surface area contributed by atoms with Crippen molar-refractivity contribution in [3.8, 4) is 0 Å². The van der Waals surface area contributed by atoms with E-state index in [1.807, 2.05) is 0 Å². The summed E-state index contributed by atoms with van der Waals surface area (Å²) in [6.45, 7) is 0.751. The fraction of sp³-hybridized carbons (Fsp3) is 0.364. The summed E-state index contributed by atoms with van der Waals surface area (Å²) in [6, 6.07) is 11.7. The molecule has 2 N–H and O–H groups in total. The largest absolute Gasteiger partial charge is 0.376 e. The molecular formula is C22H27FN4O4S. The van der Waals surface area contributed by atoms with Crippen LogP contribution >= 0.6 is 0 Å². The van der Waals surface area contributed by atoms with Gasteiger partial charge in [0, 0.05) is 31.5 Å². The van der Waals surface area contributed by atoms with Gasteiger partial charge in [0.2, 0.25) is 21.8 Å². The van der Waals surface area contributed by atoms with Crippen LogP contribution < -0.4 is 10.6 Å². The Balaban J connectivity index is 1.53. The summed E-state index contributed by atoms with van der Waals surface area (Å²) in [4.78, 5) is 25.9. The highest BCUT2D eigenvalue weighted by molar-refractivity contribution is 7.89. The van der Waals surface area contributed by atoms with E-state index in [1.165, 1.54) is 46.6 Å². The van der Waals surface area contributed by atoms with Gasteiger partial charge in [-0.15, -0.1) is 0 Å². The molecule has 2 aromatic carbocycles. The zero-order valence-corrected chi connectivity index (χ0v) is 18.7.